The van der Waals surface area contributed by atoms with Crippen molar-refractivity contribution in [3.05, 3.63) is 23.2 Å². The number of ether oxygens (including phenoxy) is 2. The van der Waals surface area contributed by atoms with Crippen molar-refractivity contribution in [1.29, 1.82) is 0 Å². The van der Waals surface area contributed by atoms with Crippen LogP contribution in [0.3, 0.4) is 0 Å². The molecule has 2 atom stereocenters. The number of carboxylic acids is 1. The second kappa shape index (κ2) is 5.75. The van der Waals surface area contributed by atoms with Gasteiger partial charge in [-0.05, 0) is 39.7 Å². The van der Waals surface area contributed by atoms with Gasteiger partial charge in [-0.15, -0.1) is 0 Å². The summed E-state index contributed by atoms with van der Waals surface area (Å²) in [5, 5.41) is 8.95. The molecular formula is C14H20O5. The monoisotopic (exact) mass is 268 g/mol. The van der Waals surface area contributed by atoms with E-state index in [9.17, 15) is 4.79 Å². The summed E-state index contributed by atoms with van der Waals surface area (Å²) >= 11 is 0. The number of carboxylic acid groups (broad SMARTS) is 1. The quantitative estimate of drug-likeness (QED) is 0.909. The van der Waals surface area contributed by atoms with E-state index in [4.69, 9.17) is 19.0 Å². The highest BCUT2D eigenvalue weighted by molar-refractivity contribution is 5.88. The van der Waals surface area contributed by atoms with Gasteiger partial charge in [-0.3, -0.25) is 0 Å². The molecule has 2 rings (SSSR count). The van der Waals surface area contributed by atoms with E-state index in [0.717, 1.165) is 12.8 Å². The third kappa shape index (κ3) is 3.58. The maximum atomic E-state index is 10.9. The zero-order valence-corrected chi connectivity index (χ0v) is 11.5. The van der Waals surface area contributed by atoms with E-state index in [1.807, 2.05) is 13.8 Å². The zero-order valence-electron chi connectivity index (χ0n) is 11.5. The fourth-order valence-electron chi connectivity index (χ4n) is 2.51. The molecule has 0 amide bonds. The van der Waals surface area contributed by atoms with Crippen LogP contribution in [0.2, 0.25) is 0 Å². The predicted octanol–water partition coefficient (Wildman–Crippen LogP) is 2.76. The first-order valence-electron chi connectivity index (χ1n) is 6.55. The minimum absolute atomic E-state index is 0.137. The number of carbonyl (C=O) groups is 1. The summed E-state index contributed by atoms with van der Waals surface area (Å²) in [6.45, 7) is 6.01. The lowest BCUT2D eigenvalue weighted by molar-refractivity contribution is -0.108. The molecule has 0 aromatic carbocycles. The number of rotatable bonds is 4. The van der Waals surface area contributed by atoms with Crippen LogP contribution in [0.5, 0.6) is 0 Å². The molecule has 1 aliphatic rings. The highest BCUT2D eigenvalue weighted by Crippen LogP contribution is 2.23. The van der Waals surface area contributed by atoms with Crippen molar-refractivity contribution in [2.24, 2.45) is 0 Å². The van der Waals surface area contributed by atoms with Gasteiger partial charge in [0.1, 0.15) is 23.7 Å². The normalized spacial score (nSPS) is 27.4. The summed E-state index contributed by atoms with van der Waals surface area (Å²) < 4.78 is 16.8. The molecule has 1 aromatic rings. The largest absolute Gasteiger partial charge is 0.478 e. The van der Waals surface area contributed by atoms with E-state index in [-0.39, 0.29) is 23.9 Å². The highest BCUT2D eigenvalue weighted by Gasteiger charge is 2.25. The van der Waals surface area contributed by atoms with Gasteiger partial charge in [0.25, 0.3) is 0 Å². The molecule has 1 aromatic heterocycles. The Bertz CT molecular complexity index is 441. The number of aromatic carboxylic acids is 1. The van der Waals surface area contributed by atoms with Crippen LogP contribution in [0.4, 0.5) is 0 Å². The van der Waals surface area contributed by atoms with Gasteiger partial charge in [0.15, 0.2) is 0 Å². The van der Waals surface area contributed by atoms with Gasteiger partial charge in [0, 0.05) is 0 Å². The first-order valence-corrected chi connectivity index (χ1v) is 6.55. The Morgan fingerprint density at radius 3 is 2.58 bits per heavy atom. The number of hydrogen-bond donors (Lipinski definition) is 1. The molecule has 1 aliphatic heterocycles. The van der Waals surface area contributed by atoms with Gasteiger partial charge >= 0.3 is 5.97 Å². The molecule has 1 N–H and O–H groups in total. The lowest BCUT2D eigenvalue weighted by atomic mass is 10.0. The van der Waals surface area contributed by atoms with Gasteiger partial charge < -0.3 is 19.0 Å². The fourth-order valence-corrected chi connectivity index (χ4v) is 2.51. The van der Waals surface area contributed by atoms with Crippen molar-refractivity contribution in [2.45, 2.75) is 58.5 Å². The van der Waals surface area contributed by atoms with Crippen molar-refractivity contribution in [3.8, 4) is 0 Å². The Balaban J connectivity index is 1.91. The Kier molecular flexibility index (Phi) is 4.27. The summed E-state index contributed by atoms with van der Waals surface area (Å²) in [5.74, 6) is 0.00215. The van der Waals surface area contributed by atoms with Crippen LogP contribution in [-0.2, 0) is 16.1 Å². The maximum Gasteiger partial charge on any atom is 0.339 e. The van der Waals surface area contributed by atoms with E-state index in [0.29, 0.717) is 18.1 Å². The minimum Gasteiger partial charge on any atom is -0.478 e. The minimum atomic E-state index is -0.971. The molecule has 0 radical (unpaired) electrons. The summed E-state index contributed by atoms with van der Waals surface area (Å²) in [5.41, 5.74) is 0.201. The summed E-state index contributed by atoms with van der Waals surface area (Å²) in [6, 6.07) is 1.53. The van der Waals surface area contributed by atoms with E-state index < -0.39 is 5.97 Å². The summed E-state index contributed by atoms with van der Waals surface area (Å²) in [7, 11) is 0. The molecule has 5 heteroatoms. The lowest BCUT2D eigenvalue weighted by Gasteiger charge is -2.31. The average Bonchev–Trinajstić information content (AvgIpc) is 2.67. The molecule has 106 valence electrons. The van der Waals surface area contributed by atoms with Crippen LogP contribution in [0.25, 0.3) is 0 Å². The van der Waals surface area contributed by atoms with Crippen LogP contribution in [0.15, 0.2) is 10.5 Å². The average molecular weight is 268 g/mol. The smallest absolute Gasteiger partial charge is 0.339 e. The molecular weight excluding hydrogens is 248 g/mol. The van der Waals surface area contributed by atoms with Crippen molar-refractivity contribution in [2.75, 3.05) is 0 Å². The molecule has 5 nitrogen and oxygen atoms in total. The molecule has 1 fully saturated rings. The predicted molar refractivity (Wildman–Crippen MR) is 68.2 cm³/mol. The van der Waals surface area contributed by atoms with Crippen LogP contribution in [-0.4, -0.2) is 29.4 Å². The first kappa shape index (κ1) is 14.1. The van der Waals surface area contributed by atoms with E-state index in [2.05, 4.69) is 0 Å². The SMILES string of the molecule is Cc1oc(COC2CC(C)OC(C)C2)cc1C(=O)O. The first-order chi connectivity index (χ1) is 8.95. The van der Waals surface area contributed by atoms with Crippen molar-refractivity contribution in [3.63, 3.8) is 0 Å². The Labute approximate surface area is 112 Å². The maximum absolute atomic E-state index is 10.9. The highest BCUT2D eigenvalue weighted by atomic mass is 16.5. The van der Waals surface area contributed by atoms with Crippen LogP contribution < -0.4 is 0 Å². The molecule has 0 aliphatic carbocycles. The van der Waals surface area contributed by atoms with Crippen molar-refractivity contribution < 1.29 is 23.8 Å². The summed E-state index contributed by atoms with van der Waals surface area (Å²) in [6.07, 6.45) is 2.24. The third-order valence-corrected chi connectivity index (χ3v) is 3.31. The third-order valence-electron chi connectivity index (χ3n) is 3.31. The van der Waals surface area contributed by atoms with Crippen LogP contribution in [0.1, 0.15) is 48.6 Å². The Morgan fingerprint density at radius 1 is 1.42 bits per heavy atom. The van der Waals surface area contributed by atoms with Crippen LogP contribution in [0, 0.1) is 6.92 Å². The molecule has 0 bridgehead atoms. The van der Waals surface area contributed by atoms with E-state index in [1.54, 1.807) is 6.92 Å². The Hall–Kier alpha value is -1.33. The topological polar surface area (TPSA) is 68.9 Å². The standard InChI is InChI=1S/C14H20O5/c1-8-4-11(5-9(2)18-8)17-7-12-6-13(14(15)16)10(3)19-12/h6,8-9,11H,4-5,7H2,1-3H3,(H,15,16). The number of hydrogen-bond acceptors (Lipinski definition) is 4. The van der Waals surface area contributed by atoms with Crippen molar-refractivity contribution >= 4 is 5.97 Å². The second-order valence-corrected chi connectivity index (χ2v) is 5.15. The number of furan rings is 1. The van der Waals surface area contributed by atoms with Gasteiger partial charge in [0.05, 0.1) is 18.3 Å². The molecule has 0 saturated carbocycles. The zero-order chi connectivity index (χ0) is 14.0. The van der Waals surface area contributed by atoms with Gasteiger partial charge in [-0.25, -0.2) is 4.79 Å². The summed E-state index contributed by atoms with van der Waals surface area (Å²) in [4.78, 5) is 10.9. The Morgan fingerprint density at radius 2 is 2.05 bits per heavy atom. The lowest BCUT2D eigenvalue weighted by Crippen LogP contribution is -2.33. The van der Waals surface area contributed by atoms with Crippen LogP contribution >= 0.6 is 0 Å². The van der Waals surface area contributed by atoms with Gasteiger partial charge in [-0.1, -0.05) is 0 Å². The van der Waals surface area contributed by atoms with E-state index in [1.165, 1.54) is 6.07 Å². The van der Waals surface area contributed by atoms with Gasteiger partial charge in [-0.2, -0.15) is 0 Å². The molecule has 19 heavy (non-hydrogen) atoms. The van der Waals surface area contributed by atoms with E-state index >= 15 is 0 Å². The molecule has 0 spiro atoms. The van der Waals surface area contributed by atoms with Crippen molar-refractivity contribution in [1.82, 2.24) is 0 Å². The number of aryl methyl sites for hydroxylation is 1. The molecule has 2 heterocycles. The second-order valence-electron chi connectivity index (χ2n) is 5.15. The fraction of sp³-hybridized carbons (Fsp3) is 0.643. The molecule has 2 unspecified atom stereocenters. The molecule has 1 saturated heterocycles. The van der Waals surface area contributed by atoms with Gasteiger partial charge in [0.2, 0.25) is 0 Å².